The standard InChI is InChI=1S/C13H20N2O2/c14-10-13(6-3-7-13)12(16)15-8-9-17-11-4-1-2-5-11/h11H,1-9H2,(H,15,16). The predicted octanol–water partition coefficient (Wildman–Crippen LogP) is 1.76. The Kier molecular flexibility index (Phi) is 4.01. The summed E-state index contributed by atoms with van der Waals surface area (Å²) in [6.07, 6.45) is 7.60. The van der Waals surface area contributed by atoms with E-state index in [0.29, 0.717) is 32.1 Å². The number of nitriles is 1. The van der Waals surface area contributed by atoms with Gasteiger partial charge in [0.25, 0.3) is 0 Å². The number of hydrogen-bond donors (Lipinski definition) is 1. The lowest BCUT2D eigenvalue weighted by molar-refractivity contribution is -0.132. The van der Waals surface area contributed by atoms with Crippen molar-refractivity contribution in [3.05, 3.63) is 0 Å². The van der Waals surface area contributed by atoms with Crippen molar-refractivity contribution in [3.63, 3.8) is 0 Å². The number of hydrogen-bond acceptors (Lipinski definition) is 3. The highest BCUT2D eigenvalue weighted by atomic mass is 16.5. The second kappa shape index (κ2) is 5.50. The van der Waals surface area contributed by atoms with Gasteiger partial charge in [-0.15, -0.1) is 0 Å². The van der Waals surface area contributed by atoms with Crippen molar-refractivity contribution in [2.75, 3.05) is 13.2 Å². The van der Waals surface area contributed by atoms with Crippen LogP contribution in [0.15, 0.2) is 0 Å². The Morgan fingerprint density at radius 3 is 2.59 bits per heavy atom. The summed E-state index contributed by atoms with van der Waals surface area (Å²) in [5.74, 6) is -0.110. The van der Waals surface area contributed by atoms with E-state index in [9.17, 15) is 4.79 Å². The molecule has 17 heavy (non-hydrogen) atoms. The Morgan fingerprint density at radius 1 is 1.35 bits per heavy atom. The maximum atomic E-state index is 11.8. The van der Waals surface area contributed by atoms with Gasteiger partial charge in [-0.1, -0.05) is 12.8 Å². The van der Waals surface area contributed by atoms with Crippen LogP contribution in [0.4, 0.5) is 0 Å². The van der Waals surface area contributed by atoms with Gasteiger partial charge < -0.3 is 10.1 Å². The van der Waals surface area contributed by atoms with Gasteiger partial charge in [0.15, 0.2) is 0 Å². The van der Waals surface area contributed by atoms with Crippen molar-refractivity contribution >= 4 is 5.91 Å². The molecule has 0 saturated heterocycles. The zero-order valence-corrected chi connectivity index (χ0v) is 10.2. The third-order valence-corrected chi connectivity index (χ3v) is 3.90. The zero-order valence-electron chi connectivity index (χ0n) is 10.2. The molecule has 1 N–H and O–H groups in total. The molecule has 0 aliphatic heterocycles. The highest BCUT2D eigenvalue weighted by molar-refractivity contribution is 5.86. The van der Waals surface area contributed by atoms with Crippen LogP contribution >= 0.6 is 0 Å². The summed E-state index contributed by atoms with van der Waals surface area (Å²) >= 11 is 0. The number of carbonyl (C=O) groups is 1. The first-order chi connectivity index (χ1) is 8.27. The molecule has 0 aromatic rings. The quantitative estimate of drug-likeness (QED) is 0.740. The molecule has 2 saturated carbocycles. The molecule has 0 radical (unpaired) electrons. The van der Waals surface area contributed by atoms with Crippen molar-refractivity contribution in [2.45, 2.75) is 51.0 Å². The summed E-state index contributed by atoms with van der Waals surface area (Å²) < 4.78 is 5.65. The van der Waals surface area contributed by atoms with Gasteiger partial charge >= 0.3 is 0 Å². The molecular weight excluding hydrogens is 216 g/mol. The molecule has 2 aliphatic carbocycles. The van der Waals surface area contributed by atoms with Gasteiger partial charge in [-0.2, -0.15) is 5.26 Å². The minimum absolute atomic E-state index is 0.110. The monoisotopic (exact) mass is 236 g/mol. The lowest BCUT2D eigenvalue weighted by atomic mass is 9.69. The van der Waals surface area contributed by atoms with E-state index in [1.165, 1.54) is 12.8 Å². The molecular formula is C13H20N2O2. The minimum atomic E-state index is -0.729. The molecule has 0 atom stereocenters. The maximum Gasteiger partial charge on any atom is 0.240 e. The highest BCUT2D eigenvalue weighted by Gasteiger charge is 2.44. The average Bonchev–Trinajstić information content (AvgIpc) is 2.76. The van der Waals surface area contributed by atoms with E-state index in [2.05, 4.69) is 11.4 Å². The second-order valence-electron chi connectivity index (χ2n) is 5.08. The SMILES string of the molecule is N#CC1(C(=O)NCCOC2CCCC2)CCC1. The number of nitrogens with one attached hydrogen (secondary N) is 1. The molecule has 0 spiro atoms. The van der Waals surface area contributed by atoms with Crippen LogP contribution < -0.4 is 5.32 Å². The Labute approximate surface area is 102 Å². The number of nitrogens with zero attached hydrogens (tertiary/aromatic N) is 1. The fraction of sp³-hybridized carbons (Fsp3) is 0.846. The van der Waals surface area contributed by atoms with Gasteiger partial charge in [0, 0.05) is 6.54 Å². The smallest absolute Gasteiger partial charge is 0.240 e. The first kappa shape index (κ1) is 12.4. The van der Waals surface area contributed by atoms with Crippen molar-refractivity contribution in [1.82, 2.24) is 5.32 Å². The molecule has 2 aliphatic rings. The molecule has 0 bridgehead atoms. The first-order valence-electron chi connectivity index (χ1n) is 6.58. The zero-order chi connectivity index (χ0) is 12.1. The summed E-state index contributed by atoms with van der Waals surface area (Å²) in [5.41, 5.74) is -0.729. The van der Waals surface area contributed by atoms with Crippen molar-refractivity contribution in [1.29, 1.82) is 5.26 Å². The molecule has 2 fully saturated rings. The lowest BCUT2D eigenvalue weighted by Crippen LogP contribution is -2.45. The van der Waals surface area contributed by atoms with E-state index in [-0.39, 0.29) is 5.91 Å². The maximum absolute atomic E-state index is 11.8. The predicted molar refractivity (Wildman–Crippen MR) is 63.1 cm³/mol. The van der Waals surface area contributed by atoms with E-state index < -0.39 is 5.41 Å². The third kappa shape index (κ3) is 2.78. The number of amides is 1. The Hall–Kier alpha value is -1.08. The van der Waals surface area contributed by atoms with Crippen LogP contribution in [0.2, 0.25) is 0 Å². The summed E-state index contributed by atoms with van der Waals surface area (Å²) in [7, 11) is 0. The number of carbonyl (C=O) groups excluding carboxylic acids is 1. The van der Waals surface area contributed by atoms with Gasteiger partial charge in [0.1, 0.15) is 5.41 Å². The van der Waals surface area contributed by atoms with Crippen LogP contribution in [0.5, 0.6) is 0 Å². The largest absolute Gasteiger partial charge is 0.376 e. The van der Waals surface area contributed by atoms with Gasteiger partial charge in [0.05, 0.1) is 18.8 Å². The molecule has 4 nitrogen and oxygen atoms in total. The average molecular weight is 236 g/mol. The van der Waals surface area contributed by atoms with Gasteiger partial charge in [0.2, 0.25) is 5.91 Å². The van der Waals surface area contributed by atoms with Gasteiger partial charge in [-0.25, -0.2) is 0 Å². The third-order valence-electron chi connectivity index (χ3n) is 3.90. The van der Waals surface area contributed by atoms with Crippen LogP contribution in [-0.2, 0) is 9.53 Å². The van der Waals surface area contributed by atoms with E-state index >= 15 is 0 Å². The highest BCUT2D eigenvalue weighted by Crippen LogP contribution is 2.40. The molecule has 0 heterocycles. The Morgan fingerprint density at radius 2 is 2.06 bits per heavy atom. The molecule has 0 aromatic carbocycles. The van der Waals surface area contributed by atoms with Gasteiger partial charge in [-0.3, -0.25) is 4.79 Å². The van der Waals surface area contributed by atoms with Crippen LogP contribution in [-0.4, -0.2) is 25.2 Å². The van der Waals surface area contributed by atoms with Crippen LogP contribution in [0.25, 0.3) is 0 Å². The van der Waals surface area contributed by atoms with Crippen molar-refractivity contribution in [3.8, 4) is 6.07 Å². The number of ether oxygens (including phenoxy) is 1. The summed E-state index contributed by atoms with van der Waals surface area (Å²) in [6, 6.07) is 2.14. The van der Waals surface area contributed by atoms with Crippen molar-refractivity contribution in [2.24, 2.45) is 5.41 Å². The van der Waals surface area contributed by atoms with Crippen molar-refractivity contribution < 1.29 is 9.53 Å². The van der Waals surface area contributed by atoms with Crippen LogP contribution in [0.1, 0.15) is 44.9 Å². The number of rotatable bonds is 5. The summed E-state index contributed by atoms with van der Waals surface area (Å²) in [6.45, 7) is 1.09. The molecule has 1 amide bonds. The molecule has 2 rings (SSSR count). The topological polar surface area (TPSA) is 62.1 Å². The van der Waals surface area contributed by atoms with E-state index in [4.69, 9.17) is 10.00 Å². The fourth-order valence-electron chi connectivity index (χ4n) is 2.53. The lowest BCUT2D eigenvalue weighted by Gasteiger charge is -2.33. The van der Waals surface area contributed by atoms with E-state index in [1.54, 1.807) is 0 Å². The summed E-state index contributed by atoms with van der Waals surface area (Å²) in [5, 5.41) is 11.8. The fourth-order valence-corrected chi connectivity index (χ4v) is 2.53. The van der Waals surface area contributed by atoms with Crippen LogP contribution in [0.3, 0.4) is 0 Å². The second-order valence-corrected chi connectivity index (χ2v) is 5.08. The summed E-state index contributed by atoms with van der Waals surface area (Å²) in [4.78, 5) is 11.8. The molecule has 94 valence electrons. The van der Waals surface area contributed by atoms with E-state index in [0.717, 1.165) is 19.3 Å². The van der Waals surface area contributed by atoms with Gasteiger partial charge in [-0.05, 0) is 32.1 Å². The van der Waals surface area contributed by atoms with Crippen LogP contribution in [0, 0.1) is 16.7 Å². The Bertz CT molecular complexity index is 312. The normalized spacial score (nSPS) is 22.8. The van der Waals surface area contributed by atoms with E-state index in [1.807, 2.05) is 0 Å². The molecule has 4 heteroatoms. The minimum Gasteiger partial charge on any atom is -0.376 e. The molecule has 0 aromatic heterocycles. The first-order valence-corrected chi connectivity index (χ1v) is 6.58. The molecule has 0 unspecified atom stereocenters. The Balaban J connectivity index is 1.61.